The third-order valence-corrected chi connectivity index (χ3v) is 5.86. The highest BCUT2D eigenvalue weighted by atomic mass is 16.3. The van der Waals surface area contributed by atoms with Crippen LogP contribution in [0.15, 0.2) is 107 Å². The van der Waals surface area contributed by atoms with Gasteiger partial charge in [-0.3, -0.25) is 0 Å². The van der Waals surface area contributed by atoms with Gasteiger partial charge in [-0.05, 0) is 24.3 Å². The number of fused-ring (bicyclic) bond motifs is 2. The van der Waals surface area contributed by atoms with E-state index in [-0.39, 0.29) is 11.5 Å². The summed E-state index contributed by atoms with van der Waals surface area (Å²) in [7, 11) is 0. The number of nitrogens with zero attached hydrogens (tertiary/aromatic N) is 2. The molecule has 4 heteroatoms. The monoisotopic (exact) mass is 414 g/mol. The molecular formula is C28H18N2O2. The van der Waals surface area contributed by atoms with E-state index in [9.17, 15) is 10.2 Å². The van der Waals surface area contributed by atoms with E-state index in [0.29, 0.717) is 11.1 Å². The molecule has 4 aromatic carbocycles. The van der Waals surface area contributed by atoms with Gasteiger partial charge in [0.25, 0.3) is 0 Å². The van der Waals surface area contributed by atoms with Crippen molar-refractivity contribution in [1.29, 1.82) is 0 Å². The lowest BCUT2D eigenvalue weighted by atomic mass is 9.96. The maximum Gasteiger partial charge on any atom is 0.124 e. The van der Waals surface area contributed by atoms with Crippen molar-refractivity contribution < 1.29 is 10.2 Å². The van der Waals surface area contributed by atoms with Gasteiger partial charge in [0.05, 0.1) is 22.8 Å². The van der Waals surface area contributed by atoms with Crippen LogP contribution in [0.25, 0.3) is 11.4 Å². The molecule has 2 heterocycles. The molecule has 6 rings (SSSR count). The number of benzene rings is 4. The number of aliphatic imine (C=N–C) groups is 2. The average molecular weight is 414 g/mol. The van der Waals surface area contributed by atoms with Gasteiger partial charge >= 0.3 is 0 Å². The van der Waals surface area contributed by atoms with Crippen molar-refractivity contribution in [3.05, 3.63) is 130 Å². The van der Waals surface area contributed by atoms with E-state index in [1.54, 1.807) is 24.3 Å². The molecule has 0 saturated carbocycles. The second-order valence-electron chi connectivity index (χ2n) is 7.74. The molecule has 0 spiro atoms. The van der Waals surface area contributed by atoms with Crippen LogP contribution in [0.3, 0.4) is 0 Å². The van der Waals surface area contributed by atoms with Gasteiger partial charge in [-0.1, -0.05) is 72.8 Å². The first-order valence-corrected chi connectivity index (χ1v) is 10.4. The van der Waals surface area contributed by atoms with Crippen molar-refractivity contribution >= 4 is 22.8 Å². The zero-order valence-electron chi connectivity index (χ0n) is 17.0. The van der Waals surface area contributed by atoms with Crippen LogP contribution in [-0.2, 0) is 0 Å². The smallest absolute Gasteiger partial charge is 0.124 e. The molecule has 152 valence electrons. The quantitative estimate of drug-likeness (QED) is 0.447. The number of phenols is 2. The summed E-state index contributed by atoms with van der Waals surface area (Å²) >= 11 is 0. The lowest BCUT2D eigenvalue weighted by Gasteiger charge is -2.05. The Morgan fingerprint density at radius 2 is 0.688 bits per heavy atom. The molecular weight excluding hydrogens is 396 g/mol. The molecule has 0 saturated heterocycles. The summed E-state index contributed by atoms with van der Waals surface area (Å²) in [4.78, 5) is 9.97. The van der Waals surface area contributed by atoms with Crippen molar-refractivity contribution in [3.8, 4) is 11.5 Å². The van der Waals surface area contributed by atoms with Crippen molar-refractivity contribution in [3.63, 3.8) is 0 Å². The van der Waals surface area contributed by atoms with Crippen LogP contribution < -0.4 is 0 Å². The third kappa shape index (κ3) is 2.70. The van der Waals surface area contributed by atoms with Gasteiger partial charge in [-0.15, -0.1) is 0 Å². The van der Waals surface area contributed by atoms with Gasteiger partial charge in [0.2, 0.25) is 0 Å². The topological polar surface area (TPSA) is 65.2 Å². The molecule has 0 radical (unpaired) electrons. The van der Waals surface area contributed by atoms with Crippen molar-refractivity contribution in [2.45, 2.75) is 0 Å². The summed E-state index contributed by atoms with van der Waals surface area (Å²) in [6, 6.07) is 30.5. The minimum absolute atomic E-state index is 0.192. The molecule has 2 aliphatic rings. The predicted molar refractivity (Wildman–Crippen MR) is 127 cm³/mol. The summed E-state index contributed by atoms with van der Waals surface area (Å²) in [5.74, 6) is 0.384. The lowest BCUT2D eigenvalue weighted by molar-refractivity contribution is 0.473. The Hall–Kier alpha value is -4.44. The largest absolute Gasteiger partial charge is 0.507 e. The average Bonchev–Trinajstić information content (AvgIpc) is 3.39. The minimum atomic E-state index is 0.192. The molecule has 0 aromatic heterocycles. The van der Waals surface area contributed by atoms with Crippen LogP contribution >= 0.6 is 0 Å². The highest BCUT2D eigenvalue weighted by Gasteiger charge is 2.30. The molecule has 0 amide bonds. The predicted octanol–water partition coefficient (Wildman–Crippen LogP) is 5.63. The van der Waals surface area contributed by atoms with E-state index < -0.39 is 0 Å². The fourth-order valence-corrected chi connectivity index (χ4v) is 4.38. The Labute approximate surface area is 185 Å². The van der Waals surface area contributed by atoms with E-state index >= 15 is 0 Å². The Kier molecular flexibility index (Phi) is 4.05. The van der Waals surface area contributed by atoms with Gasteiger partial charge < -0.3 is 10.2 Å². The summed E-state index contributed by atoms with van der Waals surface area (Å²) in [6.45, 7) is 0. The SMILES string of the molecule is Oc1ccccc1C1=N/C(=C2\N=C(c3ccccc3O)c3ccccc32)c2ccccc21. The van der Waals surface area contributed by atoms with E-state index in [1.165, 1.54) is 0 Å². The van der Waals surface area contributed by atoms with Crippen molar-refractivity contribution in [2.75, 3.05) is 0 Å². The number of hydrogen-bond donors (Lipinski definition) is 2. The van der Waals surface area contributed by atoms with Gasteiger partial charge in [0, 0.05) is 33.4 Å². The zero-order valence-corrected chi connectivity index (χ0v) is 17.0. The first kappa shape index (κ1) is 18.3. The van der Waals surface area contributed by atoms with Gasteiger partial charge in [0.15, 0.2) is 0 Å². The fourth-order valence-electron chi connectivity index (χ4n) is 4.38. The zero-order chi connectivity index (χ0) is 21.7. The van der Waals surface area contributed by atoms with Crippen LogP contribution in [0.2, 0.25) is 0 Å². The van der Waals surface area contributed by atoms with E-state index in [4.69, 9.17) is 9.98 Å². The van der Waals surface area contributed by atoms with Crippen LogP contribution in [-0.4, -0.2) is 21.6 Å². The molecule has 0 aliphatic carbocycles. The molecule has 4 nitrogen and oxygen atoms in total. The minimum Gasteiger partial charge on any atom is -0.507 e. The molecule has 2 aliphatic heterocycles. The van der Waals surface area contributed by atoms with E-state index in [1.807, 2.05) is 72.8 Å². The Morgan fingerprint density at radius 1 is 0.375 bits per heavy atom. The maximum atomic E-state index is 10.5. The number of aromatic hydroxyl groups is 2. The third-order valence-electron chi connectivity index (χ3n) is 5.86. The highest BCUT2D eigenvalue weighted by Crippen LogP contribution is 2.43. The normalized spacial score (nSPS) is 16.4. The first-order chi connectivity index (χ1) is 15.7. The molecule has 0 unspecified atom stereocenters. The van der Waals surface area contributed by atoms with Gasteiger partial charge in [-0.25, -0.2) is 9.98 Å². The molecule has 0 fully saturated rings. The first-order valence-electron chi connectivity index (χ1n) is 10.4. The molecule has 0 bridgehead atoms. The van der Waals surface area contributed by atoms with Crippen LogP contribution in [0.1, 0.15) is 33.4 Å². The summed E-state index contributed by atoms with van der Waals surface area (Å²) in [6.07, 6.45) is 0. The van der Waals surface area contributed by atoms with E-state index in [0.717, 1.165) is 45.1 Å². The Morgan fingerprint density at radius 3 is 1.06 bits per heavy atom. The number of rotatable bonds is 2. The number of phenolic OH excluding ortho intramolecular Hbond substituents is 2. The second-order valence-corrected chi connectivity index (χ2v) is 7.74. The Balaban J connectivity index is 1.64. The standard InChI is InChI=1S/C28H18N2O2/c31-23-15-7-5-13-21(23)25-17-9-1-3-11-19(17)27(29-25)28-20-12-4-2-10-18(20)26(30-28)22-14-6-8-16-24(22)32/h1-16,31-32H/b28-27-. The number of hydrogen-bond acceptors (Lipinski definition) is 4. The van der Waals surface area contributed by atoms with Crippen LogP contribution in [0, 0.1) is 0 Å². The molecule has 0 atom stereocenters. The molecule has 2 N–H and O–H groups in total. The van der Waals surface area contributed by atoms with E-state index in [2.05, 4.69) is 0 Å². The maximum absolute atomic E-state index is 10.5. The van der Waals surface area contributed by atoms with Gasteiger partial charge in [-0.2, -0.15) is 0 Å². The summed E-state index contributed by atoms with van der Waals surface area (Å²) in [5.41, 5.74) is 8.21. The van der Waals surface area contributed by atoms with Crippen molar-refractivity contribution in [2.24, 2.45) is 9.98 Å². The van der Waals surface area contributed by atoms with Crippen molar-refractivity contribution in [1.82, 2.24) is 0 Å². The van der Waals surface area contributed by atoms with Gasteiger partial charge in [0.1, 0.15) is 11.5 Å². The second kappa shape index (κ2) is 7.06. The van der Waals surface area contributed by atoms with Crippen LogP contribution in [0.4, 0.5) is 0 Å². The fraction of sp³-hybridized carbons (Fsp3) is 0. The number of para-hydroxylation sites is 2. The molecule has 4 aromatic rings. The summed E-state index contributed by atoms with van der Waals surface area (Å²) < 4.78 is 0. The Bertz CT molecular complexity index is 1380. The molecule has 32 heavy (non-hydrogen) atoms. The summed E-state index contributed by atoms with van der Waals surface area (Å²) in [5, 5.41) is 20.9. The van der Waals surface area contributed by atoms with Crippen LogP contribution in [0.5, 0.6) is 11.5 Å². The lowest BCUT2D eigenvalue weighted by Crippen LogP contribution is -2.00. The highest BCUT2D eigenvalue weighted by molar-refractivity contribution is 6.27.